The predicted molar refractivity (Wildman–Crippen MR) is 101 cm³/mol. The van der Waals surface area contributed by atoms with Crippen molar-refractivity contribution in [1.82, 2.24) is 0 Å². The highest BCUT2D eigenvalue weighted by Gasteiger charge is 2.16. The van der Waals surface area contributed by atoms with Gasteiger partial charge in [-0.3, -0.25) is 4.55 Å². The molecule has 134 valence electrons. The van der Waals surface area contributed by atoms with E-state index in [4.69, 9.17) is 16.2 Å². The maximum atomic E-state index is 11.5. The minimum atomic E-state index is -4.41. The second-order valence-corrected chi connectivity index (χ2v) is 6.94. The number of nitrogen functional groups attached to an aromatic ring is 2. The summed E-state index contributed by atoms with van der Waals surface area (Å²) in [7, 11) is -4.41. The molecule has 0 atom stereocenters. The minimum absolute atomic E-state index is 0.217. The van der Waals surface area contributed by atoms with Crippen LogP contribution in [-0.4, -0.2) is 13.0 Å². The summed E-state index contributed by atoms with van der Waals surface area (Å²) in [5, 5.41) is 2.94. The molecule has 0 radical (unpaired) electrons. The summed E-state index contributed by atoms with van der Waals surface area (Å²) in [6.07, 6.45) is 0. The van der Waals surface area contributed by atoms with Crippen LogP contribution < -0.4 is 21.5 Å². The zero-order valence-electron chi connectivity index (χ0n) is 13.6. The van der Waals surface area contributed by atoms with E-state index in [9.17, 15) is 13.0 Å². The Morgan fingerprint density at radius 2 is 1.35 bits per heavy atom. The van der Waals surface area contributed by atoms with Gasteiger partial charge >= 0.3 is 0 Å². The molecule has 26 heavy (non-hydrogen) atoms. The van der Waals surface area contributed by atoms with E-state index >= 15 is 0 Å². The molecule has 0 spiro atoms. The van der Waals surface area contributed by atoms with Gasteiger partial charge in [-0.25, -0.2) is 0 Å². The Morgan fingerprint density at radius 3 is 1.92 bits per heavy atom. The highest BCUT2D eigenvalue weighted by molar-refractivity contribution is 7.86. The summed E-state index contributed by atoms with van der Waals surface area (Å²) in [4.78, 5) is -0.292. The van der Waals surface area contributed by atoms with Gasteiger partial charge in [0, 0.05) is 17.1 Å². The largest absolute Gasteiger partial charge is 0.457 e. The van der Waals surface area contributed by atoms with Crippen LogP contribution in [0.4, 0.5) is 22.7 Å². The van der Waals surface area contributed by atoms with Crippen molar-refractivity contribution < 1.29 is 17.7 Å². The van der Waals surface area contributed by atoms with Crippen LogP contribution in [0.25, 0.3) is 0 Å². The summed E-state index contributed by atoms with van der Waals surface area (Å²) >= 11 is 0. The third-order valence-corrected chi connectivity index (χ3v) is 4.43. The van der Waals surface area contributed by atoms with Gasteiger partial charge in [0.25, 0.3) is 10.1 Å². The number of ether oxygens (including phenoxy) is 1. The number of hydrogen-bond donors (Lipinski definition) is 4. The first-order chi connectivity index (χ1) is 12.3. The van der Waals surface area contributed by atoms with E-state index in [0.29, 0.717) is 22.9 Å². The van der Waals surface area contributed by atoms with Crippen molar-refractivity contribution in [2.75, 3.05) is 16.8 Å². The standard InChI is InChI=1S/C18H17N3O4S/c19-12-1-6-15(7-2-12)25-16-8-4-14(5-9-16)21-17-10-3-13(20)11-18(17)26(22,23)24/h1-11,21H,19-20H2,(H,22,23,24). The van der Waals surface area contributed by atoms with E-state index in [1.54, 1.807) is 48.5 Å². The lowest BCUT2D eigenvalue weighted by Gasteiger charge is -2.12. The Balaban J connectivity index is 1.79. The second-order valence-electron chi connectivity index (χ2n) is 5.55. The molecule has 0 heterocycles. The lowest BCUT2D eigenvalue weighted by Crippen LogP contribution is -2.04. The molecule has 0 amide bonds. The van der Waals surface area contributed by atoms with E-state index in [1.807, 2.05) is 0 Å². The highest BCUT2D eigenvalue weighted by Crippen LogP contribution is 2.29. The monoisotopic (exact) mass is 371 g/mol. The van der Waals surface area contributed by atoms with Crippen LogP contribution >= 0.6 is 0 Å². The van der Waals surface area contributed by atoms with Crippen LogP contribution in [0, 0.1) is 0 Å². The fraction of sp³-hybridized carbons (Fsp3) is 0. The van der Waals surface area contributed by atoms with Gasteiger partial charge in [0.05, 0.1) is 5.69 Å². The lowest BCUT2D eigenvalue weighted by atomic mass is 10.2. The first-order valence-electron chi connectivity index (χ1n) is 7.59. The number of benzene rings is 3. The molecule has 6 N–H and O–H groups in total. The fourth-order valence-electron chi connectivity index (χ4n) is 2.29. The van der Waals surface area contributed by atoms with Crippen LogP contribution in [0.5, 0.6) is 11.5 Å². The van der Waals surface area contributed by atoms with E-state index in [0.717, 1.165) is 0 Å². The van der Waals surface area contributed by atoms with Gasteiger partial charge in [0.1, 0.15) is 16.4 Å². The Morgan fingerprint density at radius 1 is 0.808 bits per heavy atom. The summed E-state index contributed by atoms with van der Waals surface area (Å²) in [6.45, 7) is 0. The molecule has 3 rings (SSSR count). The van der Waals surface area contributed by atoms with Crippen LogP contribution in [0.15, 0.2) is 71.6 Å². The SMILES string of the molecule is Nc1ccc(Oc2ccc(Nc3ccc(N)cc3S(=O)(=O)O)cc2)cc1. The minimum Gasteiger partial charge on any atom is -0.457 e. The summed E-state index contributed by atoms with van der Waals surface area (Å²) in [5.74, 6) is 1.25. The van der Waals surface area contributed by atoms with Crippen molar-refractivity contribution in [3.8, 4) is 11.5 Å². The van der Waals surface area contributed by atoms with Crippen molar-refractivity contribution >= 4 is 32.9 Å². The Hall–Kier alpha value is -3.23. The molecule has 0 aromatic heterocycles. The van der Waals surface area contributed by atoms with Crippen LogP contribution in [0.1, 0.15) is 0 Å². The Labute approximate surface area is 151 Å². The molecule has 0 aliphatic rings. The summed E-state index contributed by atoms with van der Waals surface area (Å²) in [6, 6.07) is 18.1. The maximum Gasteiger partial charge on any atom is 0.296 e. The zero-order valence-corrected chi connectivity index (χ0v) is 14.4. The molecular weight excluding hydrogens is 354 g/mol. The second kappa shape index (κ2) is 6.95. The van der Waals surface area contributed by atoms with Gasteiger partial charge in [0.15, 0.2) is 0 Å². The average Bonchev–Trinajstić information content (AvgIpc) is 2.59. The van der Waals surface area contributed by atoms with Gasteiger partial charge in [-0.1, -0.05) is 0 Å². The maximum absolute atomic E-state index is 11.5. The molecule has 0 saturated carbocycles. The fourth-order valence-corrected chi connectivity index (χ4v) is 2.97. The molecule has 0 aliphatic carbocycles. The number of nitrogens with one attached hydrogen (secondary N) is 1. The quantitative estimate of drug-likeness (QED) is 0.398. The molecule has 3 aromatic rings. The summed E-state index contributed by atoms with van der Waals surface area (Å²) < 4.78 is 38.1. The molecule has 0 aliphatic heterocycles. The topological polar surface area (TPSA) is 128 Å². The van der Waals surface area contributed by atoms with E-state index in [-0.39, 0.29) is 16.3 Å². The van der Waals surface area contributed by atoms with E-state index in [2.05, 4.69) is 5.32 Å². The molecule has 0 unspecified atom stereocenters. The Bertz CT molecular complexity index is 1020. The van der Waals surface area contributed by atoms with Gasteiger partial charge in [-0.05, 0) is 66.7 Å². The Kier molecular flexibility index (Phi) is 4.70. The highest BCUT2D eigenvalue weighted by atomic mass is 32.2. The van der Waals surface area contributed by atoms with Crippen LogP contribution in [0.3, 0.4) is 0 Å². The molecule has 0 fully saturated rings. The van der Waals surface area contributed by atoms with Crippen LogP contribution in [0.2, 0.25) is 0 Å². The van der Waals surface area contributed by atoms with Crippen molar-refractivity contribution in [1.29, 1.82) is 0 Å². The van der Waals surface area contributed by atoms with Gasteiger partial charge in [-0.15, -0.1) is 0 Å². The first kappa shape index (κ1) is 17.6. The van der Waals surface area contributed by atoms with Gasteiger partial charge in [0.2, 0.25) is 0 Å². The number of rotatable bonds is 5. The number of hydrogen-bond acceptors (Lipinski definition) is 6. The van der Waals surface area contributed by atoms with Crippen molar-refractivity contribution in [3.63, 3.8) is 0 Å². The van der Waals surface area contributed by atoms with Gasteiger partial charge < -0.3 is 21.5 Å². The van der Waals surface area contributed by atoms with Crippen molar-refractivity contribution in [3.05, 3.63) is 66.7 Å². The smallest absolute Gasteiger partial charge is 0.296 e. The zero-order chi connectivity index (χ0) is 18.7. The molecule has 3 aromatic carbocycles. The lowest BCUT2D eigenvalue weighted by molar-refractivity contribution is 0.482. The molecule has 0 bridgehead atoms. The van der Waals surface area contributed by atoms with Crippen LogP contribution in [-0.2, 0) is 10.1 Å². The molecular formula is C18H17N3O4S. The van der Waals surface area contributed by atoms with E-state index in [1.165, 1.54) is 18.2 Å². The van der Waals surface area contributed by atoms with E-state index < -0.39 is 10.1 Å². The molecule has 8 heteroatoms. The van der Waals surface area contributed by atoms with Crippen molar-refractivity contribution in [2.45, 2.75) is 4.90 Å². The normalized spacial score (nSPS) is 11.1. The molecule has 7 nitrogen and oxygen atoms in total. The number of nitrogens with two attached hydrogens (primary N) is 2. The predicted octanol–water partition coefficient (Wildman–Crippen LogP) is 3.63. The average molecular weight is 371 g/mol. The molecule has 0 saturated heterocycles. The third kappa shape index (κ3) is 4.24. The summed E-state index contributed by atoms with van der Waals surface area (Å²) in [5.41, 5.74) is 12.9. The first-order valence-corrected chi connectivity index (χ1v) is 9.03. The third-order valence-electron chi connectivity index (χ3n) is 3.53. The van der Waals surface area contributed by atoms with Crippen molar-refractivity contribution in [2.24, 2.45) is 0 Å². The number of anilines is 4. The van der Waals surface area contributed by atoms with Gasteiger partial charge in [-0.2, -0.15) is 8.42 Å².